The van der Waals surface area contributed by atoms with Crippen LogP contribution in [0.15, 0.2) is 0 Å². The van der Waals surface area contributed by atoms with E-state index in [9.17, 15) is 0 Å². The molecule has 0 aliphatic rings. The van der Waals surface area contributed by atoms with Gasteiger partial charge >= 0.3 is 0 Å². The first-order chi connectivity index (χ1) is 4.31. The van der Waals surface area contributed by atoms with Crippen molar-refractivity contribution in [1.82, 2.24) is 0 Å². The molecular formula is C5H18OSi3. The molecular weight excluding hydrogens is 160 g/mol. The van der Waals surface area contributed by atoms with Crippen LogP contribution in [-0.2, 0) is 4.43 Å². The van der Waals surface area contributed by atoms with E-state index in [0.29, 0.717) is 9.52 Å². The van der Waals surface area contributed by atoms with E-state index in [0.717, 1.165) is 0 Å². The van der Waals surface area contributed by atoms with Gasteiger partial charge in [0.2, 0.25) is 0 Å². The minimum atomic E-state index is -0.346. The van der Waals surface area contributed by atoms with Crippen LogP contribution in [0.2, 0.25) is 25.3 Å². The van der Waals surface area contributed by atoms with Crippen LogP contribution in [0.3, 0.4) is 0 Å². The molecule has 1 unspecified atom stereocenters. The van der Waals surface area contributed by atoms with Gasteiger partial charge in [0.1, 0.15) is 0 Å². The van der Waals surface area contributed by atoms with Gasteiger partial charge in [-0.05, 0) is 0 Å². The van der Waals surface area contributed by atoms with Gasteiger partial charge in [-0.15, -0.1) is 0 Å². The predicted molar refractivity (Wildman–Crippen MR) is 52.6 cm³/mol. The van der Waals surface area contributed by atoms with Gasteiger partial charge in [-0.1, -0.05) is 25.3 Å². The molecule has 0 bridgehead atoms. The fraction of sp³-hybridized carbons (Fsp3) is 1.00. The van der Waals surface area contributed by atoms with Crippen LogP contribution in [0.25, 0.3) is 0 Å². The van der Waals surface area contributed by atoms with Crippen LogP contribution in [0.4, 0.5) is 0 Å². The minimum Gasteiger partial charge on any atom is -0.428 e. The number of hydrogen-bond donors (Lipinski definition) is 0. The Kier molecular flexibility index (Phi) is 7.18. The van der Waals surface area contributed by atoms with Gasteiger partial charge in [0.15, 0.2) is 9.76 Å². The van der Waals surface area contributed by atoms with Crippen molar-refractivity contribution in [3.05, 3.63) is 0 Å². The third-order valence-electron chi connectivity index (χ3n) is 1.39. The van der Waals surface area contributed by atoms with E-state index < -0.39 is 0 Å². The standard InChI is InChI=1S/C5H18OSi3/c1-7-5-9(3)4-6-8-2/h9H,4-5,7-8H2,1-3H3. The molecule has 0 heterocycles. The first-order valence-corrected chi connectivity index (χ1v) is 11.1. The maximum absolute atomic E-state index is 5.47. The van der Waals surface area contributed by atoms with E-state index in [1.54, 1.807) is 5.67 Å². The molecule has 1 nitrogen and oxygen atoms in total. The molecule has 0 spiro atoms. The van der Waals surface area contributed by atoms with Gasteiger partial charge in [0.05, 0.1) is 8.80 Å². The summed E-state index contributed by atoms with van der Waals surface area (Å²) in [6.07, 6.45) is 1.17. The zero-order chi connectivity index (χ0) is 7.11. The molecule has 0 saturated heterocycles. The van der Waals surface area contributed by atoms with Crippen LogP contribution in [0, 0.1) is 0 Å². The average molecular weight is 178 g/mol. The molecule has 1 atom stereocenters. The lowest BCUT2D eigenvalue weighted by molar-refractivity contribution is 0.409. The molecule has 0 aromatic carbocycles. The second-order valence-corrected chi connectivity index (χ2v) is 9.39. The zero-order valence-electron chi connectivity index (χ0n) is 6.81. The Labute approximate surface area is 64.6 Å². The van der Waals surface area contributed by atoms with Crippen molar-refractivity contribution in [2.45, 2.75) is 25.3 Å². The second-order valence-electron chi connectivity index (χ2n) is 2.55. The summed E-state index contributed by atoms with van der Waals surface area (Å²) in [4.78, 5) is 0. The highest BCUT2D eigenvalue weighted by atomic mass is 28.3. The number of hydrogen-bond acceptors (Lipinski definition) is 1. The zero-order valence-corrected chi connectivity index (χ0v) is 10.8. The van der Waals surface area contributed by atoms with Crippen molar-refractivity contribution < 1.29 is 4.43 Å². The number of rotatable bonds is 5. The molecule has 4 heteroatoms. The van der Waals surface area contributed by atoms with Crippen molar-refractivity contribution in [1.29, 1.82) is 0 Å². The Balaban J connectivity index is 2.95. The van der Waals surface area contributed by atoms with E-state index in [4.69, 9.17) is 4.43 Å². The molecule has 0 aliphatic carbocycles. The van der Waals surface area contributed by atoms with E-state index in [1.165, 1.54) is 6.23 Å². The van der Waals surface area contributed by atoms with Gasteiger partial charge in [-0.2, -0.15) is 0 Å². The van der Waals surface area contributed by atoms with Crippen LogP contribution >= 0.6 is 0 Å². The van der Waals surface area contributed by atoms with E-state index in [-0.39, 0.29) is 18.6 Å². The highest BCUT2D eigenvalue weighted by Gasteiger charge is 2.00. The normalized spacial score (nSPS) is 16.3. The Morgan fingerprint density at radius 3 is 2.56 bits per heavy atom. The van der Waals surface area contributed by atoms with Crippen molar-refractivity contribution in [2.75, 3.05) is 6.23 Å². The van der Waals surface area contributed by atoms with Gasteiger partial charge in [0, 0.05) is 15.7 Å². The van der Waals surface area contributed by atoms with Gasteiger partial charge < -0.3 is 4.43 Å². The van der Waals surface area contributed by atoms with Crippen molar-refractivity contribution in [3.63, 3.8) is 0 Å². The first kappa shape index (κ1) is 9.61. The topological polar surface area (TPSA) is 9.23 Å². The largest absolute Gasteiger partial charge is 0.428 e. The predicted octanol–water partition coefficient (Wildman–Crippen LogP) is -0.295. The van der Waals surface area contributed by atoms with Gasteiger partial charge in [-0.25, -0.2) is 0 Å². The second kappa shape index (κ2) is 6.73. The summed E-state index contributed by atoms with van der Waals surface area (Å²) in [6.45, 7) is 7.04. The van der Waals surface area contributed by atoms with Gasteiger partial charge in [-0.3, -0.25) is 0 Å². The molecule has 0 aromatic heterocycles. The molecule has 0 radical (unpaired) electrons. The maximum atomic E-state index is 5.47. The molecule has 56 valence electrons. The van der Waals surface area contributed by atoms with Crippen molar-refractivity contribution in [3.8, 4) is 0 Å². The van der Waals surface area contributed by atoms with Crippen molar-refractivity contribution >= 4 is 28.1 Å². The fourth-order valence-corrected chi connectivity index (χ4v) is 8.06. The summed E-state index contributed by atoms with van der Waals surface area (Å²) >= 11 is 0. The molecule has 9 heavy (non-hydrogen) atoms. The Morgan fingerprint density at radius 2 is 2.11 bits per heavy atom. The molecule has 0 fully saturated rings. The van der Waals surface area contributed by atoms with E-state index in [2.05, 4.69) is 19.6 Å². The molecule has 0 saturated carbocycles. The molecule has 0 amide bonds. The smallest absolute Gasteiger partial charge is 0.157 e. The molecule has 0 aromatic rings. The third-order valence-corrected chi connectivity index (χ3v) is 9.56. The Bertz CT molecular complexity index is 60.2. The first-order valence-electron chi connectivity index (χ1n) is 3.89. The molecule has 0 aliphatic heterocycles. The molecule has 0 N–H and O–H groups in total. The van der Waals surface area contributed by atoms with E-state index >= 15 is 0 Å². The SMILES string of the molecule is C[SiH2]C[SiH](C)CO[SiH2]C. The van der Waals surface area contributed by atoms with E-state index in [1.807, 2.05) is 0 Å². The fourth-order valence-electron chi connectivity index (χ4n) is 0.895. The average Bonchev–Trinajstić information content (AvgIpc) is 1.85. The molecule has 0 rings (SSSR count). The third kappa shape index (κ3) is 6.50. The van der Waals surface area contributed by atoms with Gasteiger partial charge in [0.25, 0.3) is 0 Å². The maximum Gasteiger partial charge on any atom is 0.157 e. The van der Waals surface area contributed by atoms with Crippen molar-refractivity contribution in [2.24, 2.45) is 0 Å². The lowest BCUT2D eigenvalue weighted by Gasteiger charge is -2.06. The minimum absolute atomic E-state index is 0.0956. The quantitative estimate of drug-likeness (QED) is 0.526. The summed E-state index contributed by atoms with van der Waals surface area (Å²) in [5.74, 6) is 0. The Morgan fingerprint density at radius 1 is 1.44 bits per heavy atom. The van der Waals surface area contributed by atoms with Crippen LogP contribution in [0.5, 0.6) is 0 Å². The summed E-state index contributed by atoms with van der Waals surface area (Å²) in [7, 11) is -0.105. The lowest BCUT2D eigenvalue weighted by atomic mass is 11.7. The Hall–Kier alpha value is 0.611. The summed E-state index contributed by atoms with van der Waals surface area (Å²) in [6, 6.07) is 0. The summed E-state index contributed by atoms with van der Waals surface area (Å²) in [5.41, 5.74) is 1.59. The van der Waals surface area contributed by atoms with Crippen LogP contribution in [-0.4, -0.2) is 34.3 Å². The monoisotopic (exact) mass is 178 g/mol. The van der Waals surface area contributed by atoms with Crippen LogP contribution < -0.4 is 0 Å². The lowest BCUT2D eigenvalue weighted by Crippen LogP contribution is -2.18. The summed E-state index contributed by atoms with van der Waals surface area (Å²) in [5, 5.41) is 0. The van der Waals surface area contributed by atoms with Crippen LogP contribution in [0.1, 0.15) is 0 Å². The highest BCUT2D eigenvalue weighted by Crippen LogP contribution is 1.89. The summed E-state index contributed by atoms with van der Waals surface area (Å²) < 4.78 is 5.47. The highest BCUT2D eigenvalue weighted by molar-refractivity contribution is 6.68.